The molecule has 58 heavy (non-hydrogen) atoms. The minimum atomic E-state index is -6.29. The van der Waals surface area contributed by atoms with Crippen molar-refractivity contribution >= 4 is 24.6 Å². The fourth-order valence-electron chi connectivity index (χ4n) is 5.63. The van der Waals surface area contributed by atoms with Gasteiger partial charge in [0.15, 0.2) is 0 Å². The Hall–Kier alpha value is -5.69. The molecule has 0 saturated heterocycles. The van der Waals surface area contributed by atoms with Crippen LogP contribution in [-0.4, -0.2) is 54.9 Å². The summed E-state index contributed by atoms with van der Waals surface area (Å²) in [7, 11) is -2.96. The van der Waals surface area contributed by atoms with Gasteiger partial charge in [-0.25, -0.2) is 22.6 Å². The number of allylic oxidation sites excluding steroid dienone is 2. The molecule has 0 aliphatic carbocycles. The van der Waals surface area contributed by atoms with Crippen molar-refractivity contribution in [3.8, 4) is 22.4 Å². The van der Waals surface area contributed by atoms with E-state index in [1.807, 2.05) is 0 Å². The fourth-order valence-corrected chi connectivity index (χ4v) is 5.63. The van der Waals surface area contributed by atoms with Crippen LogP contribution >= 0.6 is 0 Å². The Balaban J connectivity index is 1.66. The zero-order chi connectivity index (χ0) is 42.2. The lowest BCUT2D eigenvalue weighted by atomic mass is 9.98. The van der Waals surface area contributed by atoms with E-state index in [9.17, 15) is 61.5 Å². The van der Waals surface area contributed by atoms with Gasteiger partial charge in [0.25, 0.3) is 0 Å². The molecule has 0 atom stereocenters. The summed E-state index contributed by atoms with van der Waals surface area (Å²) in [5.41, 5.74) is -0.167. The molecule has 0 bridgehead atoms. The van der Waals surface area contributed by atoms with Gasteiger partial charge < -0.3 is 13.8 Å². The third-order valence-electron chi connectivity index (χ3n) is 8.59. The Bertz CT molecular complexity index is 2320. The second-order valence-corrected chi connectivity index (χ2v) is 12.6. The normalized spacial score (nSPS) is 14.6. The monoisotopic (exact) mass is 828 g/mol. The summed E-state index contributed by atoms with van der Waals surface area (Å²) in [6, 6.07) is 19.0. The summed E-state index contributed by atoms with van der Waals surface area (Å²) < 4.78 is 204. The number of nitrogens with zero attached hydrogens (tertiary/aromatic N) is 2. The molecule has 19 heteroatoms. The van der Waals surface area contributed by atoms with Crippen LogP contribution in [0.4, 0.5) is 61.5 Å². The molecule has 1 aliphatic heterocycles. The molecular formula is C39H23BF14N2O2. The third kappa shape index (κ3) is 9.04. The van der Waals surface area contributed by atoms with Gasteiger partial charge in [-0.3, -0.25) is 0 Å². The van der Waals surface area contributed by atoms with Gasteiger partial charge in [0, 0.05) is 28.1 Å². The molecule has 4 aromatic carbocycles. The van der Waals surface area contributed by atoms with Gasteiger partial charge in [0.1, 0.15) is 36.5 Å². The summed E-state index contributed by atoms with van der Waals surface area (Å²) in [5, 5.41) is 0. The molecule has 1 aliphatic rings. The molecule has 0 saturated carbocycles. The van der Waals surface area contributed by atoms with Crippen molar-refractivity contribution in [2.75, 3.05) is 13.2 Å². The number of hydrogen-bond donors (Lipinski definition) is 0. The average molecular weight is 828 g/mol. The maximum absolute atomic E-state index is 14.4. The Morgan fingerprint density at radius 3 is 1.36 bits per heavy atom. The van der Waals surface area contributed by atoms with Crippen LogP contribution in [0.5, 0.6) is 0 Å². The minimum Gasteiger partial charge on any atom is -0.385 e. The average Bonchev–Trinajstić information content (AvgIpc) is 3.74. The van der Waals surface area contributed by atoms with Crippen molar-refractivity contribution in [2.45, 2.75) is 24.2 Å². The Kier molecular flexibility index (Phi) is 11.5. The van der Waals surface area contributed by atoms with Crippen molar-refractivity contribution in [3.63, 3.8) is 0 Å². The predicted octanol–water partition coefficient (Wildman–Crippen LogP) is 11.6. The van der Waals surface area contributed by atoms with Gasteiger partial charge in [0.05, 0.1) is 11.4 Å². The number of alkyl halides is 10. The van der Waals surface area contributed by atoms with Crippen LogP contribution in [0.1, 0.15) is 16.8 Å². The number of rotatable bonds is 12. The largest absolute Gasteiger partial charge is 0.598 e. The number of aromatic nitrogens is 1. The first-order valence-corrected chi connectivity index (χ1v) is 16.6. The maximum atomic E-state index is 14.4. The lowest BCUT2D eigenvalue weighted by Gasteiger charge is -2.26. The fraction of sp³-hybridized carbons (Fsp3) is 0.154. The quantitative estimate of drug-likeness (QED) is 0.0928. The van der Waals surface area contributed by atoms with E-state index in [0.717, 1.165) is 72.8 Å². The van der Waals surface area contributed by atoms with Crippen molar-refractivity contribution in [1.29, 1.82) is 0 Å². The van der Waals surface area contributed by atoms with E-state index >= 15 is 0 Å². The molecule has 2 heterocycles. The molecular weight excluding hydrogens is 805 g/mol. The van der Waals surface area contributed by atoms with Gasteiger partial charge >= 0.3 is 31.5 Å². The van der Waals surface area contributed by atoms with Gasteiger partial charge in [0.2, 0.25) is 0 Å². The number of benzene rings is 4. The van der Waals surface area contributed by atoms with Crippen molar-refractivity contribution < 1.29 is 70.8 Å². The molecule has 0 radical (unpaired) electrons. The van der Waals surface area contributed by atoms with Gasteiger partial charge in [-0.15, -0.1) is 0 Å². The van der Waals surface area contributed by atoms with E-state index in [1.165, 1.54) is 42.5 Å². The van der Waals surface area contributed by atoms with E-state index in [0.29, 0.717) is 10.0 Å². The summed E-state index contributed by atoms with van der Waals surface area (Å²) in [6.07, 6.45) is -10.0. The maximum Gasteiger partial charge on any atom is 0.598 e. The van der Waals surface area contributed by atoms with Crippen LogP contribution in [-0.2, 0) is 9.31 Å². The molecule has 0 N–H and O–H groups in total. The highest BCUT2D eigenvalue weighted by Crippen LogP contribution is 2.41. The molecule has 1 aromatic heterocycles. The Morgan fingerprint density at radius 1 is 0.534 bits per heavy atom. The zero-order valence-corrected chi connectivity index (χ0v) is 29.0. The van der Waals surface area contributed by atoms with Crippen LogP contribution in [0.15, 0.2) is 120 Å². The topological polar surface area (TPSA) is 35.8 Å². The highest BCUT2D eigenvalue weighted by molar-refractivity contribution is 6.44. The molecule has 0 amide bonds. The van der Waals surface area contributed by atoms with Crippen LogP contribution in [0.3, 0.4) is 0 Å². The SMILES string of the molecule is Fc1ccc(C2=CC(c3ccc(F)cc3)=N/C2=C\c2c(-c3ccc(F)cc3)cc(-c3ccc(F)cc3)n2B(OCC(F)(F)C(F)(F)F)OCC(F)(F)C(F)(F)F)cc1. The van der Waals surface area contributed by atoms with Crippen molar-refractivity contribution in [1.82, 2.24) is 4.48 Å². The standard InChI is InChI=1S/C39H23BF14N2O2/c41-26-9-1-22(2-10-26)30-17-32(24-5-13-28(43)14-6-24)55-33(30)19-35-31(23-3-11-27(42)12-4-23)18-34(25-7-15-29(44)16-8-25)56(35)40(57-20-36(45,46)38(49,50)51)58-21-37(47,48)39(52,53)54/h1-19H,20-21H2/b33-19-. The highest BCUT2D eigenvalue weighted by Gasteiger charge is 2.60. The summed E-state index contributed by atoms with van der Waals surface area (Å²) >= 11 is 0. The molecule has 0 fully saturated rings. The molecule has 0 spiro atoms. The Labute approximate surface area is 319 Å². The van der Waals surface area contributed by atoms with Crippen LogP contribution in [0.25, 0.3) is 34.0 Å². The first-order valence-electron chi connectivity index (χ1n) is 16.6. The van der Waals surface area contributed by atoms with Gasteiger partial charge in [-0.2, -0.15) is 43.9 Å². The smallest absolute Gasteiger partial charge is 0.385 e. The molecule has 5 aromatic rings. The minimum absolute atomic E-state index is 0.0587. The Morgan fingerprint density at radius 2 is 0.931 bits per heavy atom. The second kappa shape index (κ2) is 15.9. The molecule has 302 valence electrons. The summed E-state index contributed by atoms with van der Waals surface area (Å²) in [5.74, 6) is -14.3. The van der Waals surface area contributed by atoms with Gasteiger partial charge in [-0.05, 0) is 95.6 Å². The van der Waals surface area contributed by atoms with Gasteiger partial charge in [-0.1, -0.05) is 36.4 Å². The predicted molar refractivity (Wildman–Crippen MR) is 186 cm³/mol. The summed E-state index contributed by atoms with van der Waals surface area (Å²) in [6.45, 7) is -5.31. The molecule has 6 rings (SSSR count). The van der Waals surface area contributed by atoms with Crippen molar-refractivity contribution in [2.24, 2.45) is 4.99 Å². The van der Waals surface area contributed by atoms with Crippen LogP contribution in [0.2, 0.25) is 0 Å². The lowest BCUT2D eigenvalue weighted by molar-refractivity contribution is -0.295. The summed E-state index contributed by atoms with van der Waals surface area (Å²) in [4.78, 5) is 4.57. The number of hydrogen-bond acceptors (Lipinski definition) is 3. The van der Waals surface area contributed by atoms with Crippen LogP contribution in [0, 0.1) is 23.3 Å². The van der Waals surface area contributed by atoms with E-state index in [4.69, 9.17) is 9.31 Å². The molecule has 0 unspecified atom stereocenters. The third-order valence-corrected chi connectivity index (χ3v) is 8.59. The van der Waals surface area contributed by atoms with E-state index in [1.54, 1.807) is 0 Å². The highest BCUT2D eigenvalue weighted by atomic mass is 19.4. The lowest BCUT2D eigenvalue weighted by Crippen LogP contribution is -2.48. The van der Waals surface area contributed by atoms with E-state index in [-0.39, 0.29) is 44.9 Å². The van der Waals surface area contributed by atoms with Crippen molar-refractivity contribution in [3.05, 3.63) is 155 Å². The first-order chi connectivity index (χ1) is 27.1. The van der Waals surface area contributed by atoms with E-state index in [2.05, 4.69) is 4.99 Å². The molecule has 4 nitrogen and oxygen atoms in total. The van der Waals surface area contributed by atoms with E-state index < -0.39 is 73.6 Å². The zero-order valence-electron chi connectivity index (χ0n) is 29.0. The second-order valence-electron chi connectivity index (χ2n) is 12.6. The number of halogens is 14. The first kappa shape index (κ1) is 41.9. The van der Waals surface area contributed by atoms with Crippen LogP contribution < -0.4 is 0 Å². The number of aliphatic imine (C=N–C) groups is 1.